The lowest BCUT2D eigenvalue weighted by molar-refractivity contribution is -0.147. The molecule has 1 heterocycles. The number of aliphatic hydroxyl groups is 1. The first-order valence-electron chi connectivity index (χ1n) is 7.28. The highest BCUT2D eigenvalue weighted by molar-refractivity contribution is 6.31. The van der Waals surface area contributed by atoms with Crippen LogP contribution in [0.15, 0.2) is 18.2 Å². The molecular weight excluding hydrogens is 290 g/mol. The van der Waals surface area contributed by atoms with E-state index in [-0.39, 0.29) is 24.7 Å². The molecular formula is C16H22ClNO3. The summed E-state index contributed by atoms with van der Waals surface area (Å²) < 4.78 is 5.55. The van der Waals surface area contributed by atoms with Gasteiger partial charge in [0.1, 0.15) is 0 Å². The van der Waals surface area contributed by atoms with E-state index in [1.165, 1.54) is 0 Å². The monoisotopic (exact) mass is 311 g/mol. The van der Waals surface area contributed by atoms with Crippen LogP contribution in [0.1, 0.15) is 24.5 Å². The predicted molar refractivity (Wildman–Crippen MR) is 82.5 cm³/mol. The largest absolute Gasteiger partial charge is 0.394 e. The van der Waals surface area contributed by atoms with Crippen LogP contribution in [-0.4, -0.2) is 47.8 Å². The molecule has 0 spiro atoms. The number of nitrogens with zero attached hydrogens (tertiary/aromatic N) is 1. The summed E-state index contributed by atoms with van der Waals surface area (Å²) in [7, 11) is 0. The van der Waals surface area contributed by atoms with Gasteiger partial charge in [-0.05, 0) is 37.5 Å². The van der Waals surface area contributed by atoms with E-state index in [0.717, 1.165) is 16.1 Å². The van der Waals surface area contributed by atoms with Crippen molar-refractivity contribution in [2.75, 3.05) is 19.7 Å². The van der Waals surface area contributed by atoms with E-state index in [4.69, 9.17) is 16.3 Å². The third-order valence-corrected chi connectivity index (χ3v) is 4.15. The van der Waals surface area contributed by atoms with Crippen molar-refractivity contribution >= 4 is 17.5 Å². The lowest BCUT2D eigenvalue weighted by Gasteiger charge is -2.36. The molecule has 1 N–H and O–H groups in total. The Bertz CT molecular complexity index is 506. The first-order chi connectivity index (χ1) is 9.99. The second-order valence-electron chi connectivity index (χ2n) is 5.63. The van der Waals surface area contributed by atoms with Gasteiger partial charge in [0.15, 0.2) is 0 Å². The molecule has 1 aliphatic rings. The number of aliphatic hydroxyl groups excluding tert-OH is 1. The molecule has 21 heavy (non-hydrogen) atoms. The van der Waals surface area contributed by atoms with Gasteiger partial charge in [-0.25, -0.2) is 0 Å². The van der Waals surface area contributed by atoms with E-state index in [9.17, 15) is 9.90 Å². The number of carbonyl (C=O) groups excluding carboxylic acids is 1. The number of hydrogen-bond donors (Lipinski definition) is 1. The highest BCUT2D eigenvalue weighted by atomic mass is 35.5. The van der Waals surface area contributed by atoms with Gasteiger partial charge in [0.2, 0.25) is 5.91 Å². The first kappa shape index (κ1) is 16.3. The number of carbonyl (C=O) groups is 1. The summed E-state index contributed by atoms with van der Waals surface area (Å²) >= 11 is 6.10. The van der Waals surface area contributed by atoms with Crippen molar-refractivity contribution in [1.82, 2.24) is 4.90 Å². The number of aryl methyl sites for hydroxylation is 2. The van der Waals surface area contributed by atoms with Crippen molar-refractivity contribution in [3.05, 3.63) is 34.3 Å². The summed E-state index contributed by atoms with van der Waals surface area (Å²) in [5.41, 5.74) is 2.11. The van der Waals surface area contributed by atoms with E-state index in [1.807, 2.05) is 32.0 Å². The molecule has 1 aliphatic heterocycles. The number of ether oxygens (including phenoxy) is 1. The predicted octanol–water partition coefficient (Wildman–Crippen LogP) is 2.19. The minimum Gasteiger partial charge on any atom is -0.394 e. The molecule has 0 radical (unpaired) electrons. The summed E-state index contributed by atoms with van der Waals surface area (Å²) in [5, 5.41) is 9.93. The number of morpholine rings is 1. The Morgan fingerprint density at radius 1 is 1.48 bits per heavy atom. The molecule has 1 saturated heterocycles. The van der Waals surface area contributed by atoms with E-state index >= 15 is 0 Å². The number of amides is 1. The van der Waals surface area contributed by atoms with Crippen LogP contribution in [0.3, 0.4) is 0 Å². The molecule has 1 aromatic rings. The number of hydrogen-bond acceptors (Lipinski definition) is 3. The Hall–Kier alpha value is -1.10. The standard InChI is InChI=1S/C16H22ClNO3/c1-11-3-4-13(7-15(11)17)5-6-16(20)18-8-12(2)21-14(9-18)10-19/h3-4,7,12,14,19H,5-6,8-10H2,1-2H3. The zero-order chi connectivity index (χ0) is 15.4. The van der Waals surface area contributed by atoms with Gasteiger partial charge in [-0.3, -0.25) is 4.79 Å². The fourth-order valence-electron chi connectivity index (χ4n) is 2.55. The molecule has 4 nitrogen and oxygen atoms in total. The summed E-state index contributed by atoms with van der Waals surface area (Å²) in [5.74, 6) is 0.0975. The molecule has 1 fully saturated rings. The topological polar surface area (TPSA) is 49.8 Å². The summed E-state index contributed by atoms with van der Waals surface area (Å²) in [6.45, 7) is 4.88. The first-order valence-corrected chi connectivity index (χ1v) is 7.66. The SMILES string of the molecule is Cc1ccc(CCC(=O)N2CC(C)OC(CO)C2)cc1Cl. The van der Waals surface area contributed by atoms with Gasteiger partial charge in [0.25, 0.3) is 0 Å². The van der Waals surface area contributed by atoms with Gasteiger partial charge in [-0.15, -0.1) is 0 Å². The normalized spacial score (nSPS) is 22.4. The third kappa shape index (κ3) is 4.43. The van der Waals surface area contributed by atoms with Crippen LogP contribution < -0.4 is 0 Å². The zero-order valence-electron chi connectivity index (χ0n) is 12.5. The lowest BCUT2D eigenvalue weighted by atomic mass is 10.1. The molecule has 5 heteroatoms. The summed E-state index contributed by atoms with van der Waals surface area (Å²) in [6.07, 6.45) is 0.818. The Morgan fingerprint density at radius 2 is 2.24 bits per heavy atom. The maximum absolute atomic E-state index is 12.3. The van der Waals surface area contributed by atoms with Crippen molar-refractivity contribution in [2.45, 2.75) is 38.9 Å². The molecule has 2 unspecified atom stereocenters. The van der Waals surface area contributed by atoms with E-state index in [2.05, 4.69) is 0 Å². The number of rotatable bonds is 4. The Balaban J connectivity index is 1.90. The maximum atomic E-state index is 12.3. The minimum atomic E-state index is -0.272. The van der Waals surface area contributed by atoms with Crippen LogP contribution >= 0.6 is 11.6 Å². The molecule has 0 aliphatic carbocycles. The van der Waals surface area contributed by atoms with Crippen LogP contribution in [0.5, 0.6) is 0 Å². The van der Waals surface area contributed by atoms with Gasteiger partial charge in [0, 0.05) is 24.5 Å². The van der Waals surface area contributed by atoms with Crippen LogP contribution in [0.25, 0.3) is 0 Å². The van der Waals surface area contributed by atoms with Crippen molar-refractivity contribution in [1.29, 1.82) is 0 Å². The quantitative estimate of drug-likeness (QED) is 0.927. The summed E-state index contributed by atoms with van der Waals surface area (Å²) in [4.78, 5) is 14.1. The fourth-order valence-corrected chi connectivity index (χ4v) is 2.75. The van der Waals surface area contributed by atoms with Crippen LogP contribution in [-0.2, 0) is 16.0 Å². The highest BCUT2D eigenvalue weighted by Crippen LogP contribution is 2.18. The van der Waals surface area contributed by atoms with Crippen LogP contribution in [0.2, 0.25) is 5.02 Å². The minimum absolute atomic E-state index is 0.0336. The smallest absolute Gasteiger partial charge is 0.223 e. The lowest BCUT2D eigenvalue weighted by Crippen LogP contribution is -2.50. The molecule has 2 atom stereocenters. The molecule has 0 saturated carbocycles. The Labute approximate surface area is 130 Å². The third-order valence-electron chi connectivity index (χ3n) is 3.75. The molecule has 0 bridgehead atoms. The van der Waals surface area contributed by atoms with Crippen molar-refractivity contribution in [3.8, 4) is 0 Å². The molecule has 2 rings (SSSR count). The van der Waals surface area contributed by atoms with Gasteiger partial charge in [-0.1, -0.05) is 23.7 Å². The zero-order valence-corrected chi connectivity index (χ0v) is 13.3. The maximum Gasteiger partial charge on any atom is 0.223 e. The molecule has 1 aromatic carbocycles. The van der Waals surface area contributed by atoms with Crippen LogP contribution in [0, 0.1) is 6.92 Å². The Kier molecular flexibility index (Phi) is 5.62. The van der Waals surface area contributed by atoms with Gasteiger partial charge in [0.05, 0.1) is 18.8 Å². The van der Waals surface area contributed by atoms with Crippen molar-refractivity contribution in [3.63, 3.8) is 0 Å². The van der Waals surface area contributed by atoms with E-state index in [0.29, 0.717) is 25.9 Å². The van der Waals surface area contributed by atoms with Crippen LogP contribution in [0.4, 0.5) is 0 Å². The van der Waals surface area contributed by atoms with Crippen molar-refractivity contribution in [2.24, 2.45) is 0 Å². The molecule has 0 aromatic heterocycles. The Morgan fingerprint density at radius 3 is 2.90 bits per heavy atom. The van der Waals surface area contributed by atoms with Crippen molar-refractivity contribution < 1.29 is 14.6 Å². The van der Waals surface area contributed by atoms with Gasteiger partial charge >= 0.3 is 0 Å². The second kappa shape index (κ2) is 7.25. The molecule has 116 valence electrons. The average molecular weight is 312 g/mol. The number of benzene rings is 1. The van der Waals surface area contributed by atoms with E-state index in [1.54, 1.807) is 4.90 Å². The molecule has 1 amide bonds. The van der Waals surface area contributed by atoms with E-state index < -0.39 is 0 Å². The second-order valence-corrected chi connectivity index (χ2v) is 6.04. The fraction of sp³-hybridized carbons (Fsp3) is 0.562. The van der Waals surface area contributed by atoms with Gasteiger partial charge < -0.3 is 14.7 Å². The average Bonchev–Trinajstić information content (AvgIpc) is 2.47. The summed E-state index contributed by atoms with van der Waals surface area (Å²) in [6, 6.07) is 5.90. The highest BCUT2D eigenvalue weighted by Gasteiger charge is 2.27. The number of halogens is 1. The van der Waals surface area contributed by atoms with Gasteiger partial charge in [-0.2, -0.15) is 0 Å².